The molecule has 0 N–H and O–H groups in total. The molecule has 1 atom stereocenters. The molecule has 0 amide bonds. The molecule has 0 bridgehead atoms. The number of hydrogen-bond acceptors (Lipinski definition) is 6. The second kappa shape index (κ2) is 16.8. The van der Waals surface area contributed by atoms with E-state index in [0.717, 1.165) is 84.3 Å². The van der Waals surface area contributed by atoms with Gasteiger partial charge in [0.05, 0.1) is 13.2 Å². The summed E-state index contributed by atoms with van der Waals surface area (Å²) in [7, 11) is 0. The van der Waals surface area contributed by atoms with E-state index in [1.807, 2.05) is 12.1 Å². The predicted octanol–water partition coefficient (Wildman–Crippen LogP) is 6.18. The van der Waals surface area contributed by atoms with Crippen LogP contribution in [-0.4, -0.2) is 66.4 Å². The number of rotatable bonds is 17. The van der Waals surface area contributed by atoms with Crippen LogP contribution in [0.4, 0.5) is 0 Å². The van der Waals surface area contributed by atoms with Crippen molar-refractivity contribution in [3.05, 3.63) is 71.8 Å². The summed E-state index contributed by atoms with van der Waals surface area (Å²) in [6, 6.07) is 20.8. The van der Waals surface area contributed by atoms with Crippen molar-refractivity contribution in [3.8, 4) is 0 Å². The Kier molecular flexibility index (Phi) is 12.8. The summed E-state index contributed by atoms with van der Waals surface area (Å²) in [4.78, 5) is 28.7. The number of hydrogen-bond donors (Lipinski definition) is 0. The van der Waals surface area contributed by atoms with Crippen molar-refractivity contribution in [1.29, 1.82) is 0 Å². The van der Waals surface area contributed by atoms with Crippen molar-refractivity contribution in [1.82, 2.24) is 9.80 Å². The van der Waals surface area contributed by atoms with E-state index in [2.05, 4.69) is 58.3 Å². The summed E-state index contributed by atoms with van der Waals surface area (Å²) in [5.74, 6) is 0.762. The van der Waals surface area contributed by atoms with E-state index < -0.39 is 0 Å². The fourth-order valence-electron chi connectivity index (χ4n) is 5.94. The van der Waals surface area contributed by atoms with E-state index in [-0.39, 0.29) is 5.72 Å². The summed E-state index contributed by atoms with van der Waals surface area (Å²) >= 11 is 0. The third-order valence-corrected chi connectivity index (χ3v) is 8.42. The smallest absolute Gasteiger partial charge is 0.135 e. The Morgan fingerprint density at radius 3 is 1.80 bits per heavy atom. The van der Waals surface area contributed by atoms with Gasteiger partial charge in [-0.3, -0.25) is 14.5 Å². The lowest BCUT2D eigenvalue weighted by atomic mass is 9.93. The molecule has 0 radical (unpaired) electrons. The molecule has 218 valence electrons. The van der Waals surface area contributed by atoms with Crippen molar-refractivity contribution in [2.75, 3.05) is 39.3 Å². The number of likely N-dealkylation sites (tertiary alicyclic amines) is 2. The summed E-state index contributed by atoms with van der Waals surface area (Å²) in [5.41, 5.74) is 2.04. The van der Waals surface area contributed by atoms with Gasteiger partial charge in [-0.05, 0) is 56.2 Å². The van der Waals surface area contributed by atoms with E-state index in [0.29, 0.717) is 50.5 Å². The van der Waals surface area contributed by atoms with Crippen LogP contribution in [0.3, 0.4) is 0 Å². The lowest BCUT2D eigenvalue weighted by Crippen LogP contribution is -2.54. The molecular formula is C34H48N2O4. The van der Waals surface area contributed by atoms with Crippen LogP contribution in [0.2, 0.25) is 0 Å². The molecular weight excluding hydrogens is 500 g/mol. The van der Waals surface area contributed by atoms with Crippen molar-refractivity contribution in [2.24, 2.45) is 0 Å². The summed E-state index contributed by atoms with van der Waals surface area (Å²) in [6.45, 7) is 6.41. The summed E-state index contributed by atoms with van der Waals surface area (Å²) in [5, 5.41) is 0. The van der Waals surface area contributed by atoms with Gasteiger partial charge in [-0.1, -0.05) is 67.1 Å². The lowest BCUT2D eigenvalue weighted by molar-refractivity contribution is -0.182. The van der Waals surface area contributed by atoms with Crippen molar-refractivity contribution in [2.45, 2.75) is 89.6 Å². The second-order valence-corrected chi connectivity index (χ2v) is 11.4. The maximum atomic E-state index is 12.1. The first kappa shape index (κ1) is 30.6. The van der Waals surface area contributed by atoms with Gasteiger partial charge in [0, 0.05) is 58.5 Å². The van der Waals surface area contributed by atoms with Gasteiger partial charge in [0.1, 0.15) is 17.3 Å². The van der Waals surface area contributed by atoms with Crippen LogP contribution in [0.25, 0.3) is 0 Å². The number of carbonyl (C=O) groups excluding carboxylic acids is 2. The number of benzene rings is 2. The highest BCUT2D eigenvalue weighted by atomic mass is 16.5. The maximum Gasteiger partial charge on any atom is 0.135 e. The molecule has 2 saturated heterocycles. The lowest BCUT2D eigenvalue weighted by Gasteiger charge is -2.46. The van der Waals surface area contributed by atoms with Gasteiger partial charge in [0.25, 0.3) is 0 Å². The Morgan fingerprint density at radius 1 is 0.625 bits per heavy atom. The Bertz CT molecular complexity index is 995. The average Bonchev–Trinajstić information content (AvgIpc) is 2.99. The molecule has 0 spiro atoms. The van der Waals surface area contributed by atoms with E-state index in [1.54, 1.807) is 0 Å². The number of unbranched alkanes of at least 4 members (excludes halogenated alkanes) is 3. The molecule has 0 aliphatic carbocycles. The molecule has 2 aliphatic heterocycles. The Hall–Kier alpha value is -2.38. The third kappa shape index (κ3) is 10.2. The van der Waals surface area contributed by atoms with E-state index in [4.69, 9.17) is 9.47 Å². The molecule has 6 nitrogen and oxygen atoms in total. The minimum absolute atomic E-state index is 0.362. The van der Waals surface area contributed by atoms with Crippen LogP contribution in [0.15, 0.2) is 60.7 Å². The molecule has 2 aliphatic rings. The van der Waals surface area contributed by atoms with Crippen LogP contribution in [0.1, 0.15) is 81.8 Å². The Labute approximate surface area is 241 Å². The largest absolute Gasteiger partial charge is 0.377 e. The molecule has 2 aromatic carbocycles. The van der Waals surface area contributed by atoms with Gasteiger partial charge in [-0.2, -0.15) is 0 Å². The van der Waals surface area contributed by atoms with Crippen LogP contribution in [0.5, 0.6) is 0 Å². The van der Waals surface area contributed by atoms with Crippen LogP contribution >= 0.6 is 0 Å². The van der Waals surface area contributed by atoms with Gasteiger partial charge in [0.15, 0.2) is 0 Å². The second-order valence-electron chi connectivity index (χ2n) is 11.4. The first-order valence-electron chi connectivity index (χ1n) is 15.4. The zero-order chi connectivity index (χ0) is 27.9. The minimum atomic E-state index is -0.362. The average molecular weight is 549 g/mol. The number of carbonyl (C=O) groups is 2. The SMILES string of the molecule is O=C1CCN(CCCCC(CCCCCOCc2ccccc2)(OCc2ccccc2)N2CCC(=O)CC2)CC1. The molecule has 2 fully saturated rings. The third-order valence-electron chi connectivity index (χ3n) is 8.42. The van der Waals surface area contributed by atoms with E-state index in [9.17, 15) is 9.59 Å². The number of nitrogens with zero attached hydrogens (tertiary/aromatic N) is 2. The fraction of sp³-hybridized carbons (Fsp3) is 0.588. The van der Waals surface area contributed by atoms with Gasteiger partial charge in [0.2, 0.25) is 0 Å². The topological polar surface area (TPSA) is 59.1 Å². The van der Waals surface area contributed by atoms with E-state index >= 15 is 0 Å². The minimum Gasteiger partial charge on any atom is -0.377 e. The predicted molar refractivity (Wildman–Crippen MR) is 159 cm³/mol. The van der Waals surface area contributed by atoms with Crippen LogP contribution < -0.4 is 0 Å². The zero-order valence-corrected chi connectivity index (χ0v) is 24.2. The zero-order valence-electron chi connectivity index (χ0n) is 24.2. The molecule has 2 heterocycles. The van der Waals surface area contributed by atoms with Gasteiger partial charge in [-0.15, -0.1) is 0 Å². The van der Waals surface area contributed by atoms with Crippen molar-refractivity contribution >= 4 is 11.6 Å². The summed E-state index contributed by atoms with van der Waals surface area (Å²) in [6.07, 6.45) is 9.93. The summed E-state index contributed by atoms with van der Waals surface area (Å²) < 4.78 is 12.8. The quantitative estimate of drug-likeness (QED) is 0.220. The van der Waals surface area contributed by atoms with Crippen molar-refractivity contribution in [3.63, 3.8) is 0 Å². The highest BCUT2D eigenvalue weighted by Gasteiger charge is 2.38. The number of piperidine rings is 2. The van der Waals surface area contributed by atoms with E-state index in [1.165, 1.54) is 11.1 Å². The Balaban J connectivity index is 1.33. The highest BCUT2D eigenvalue weighted by Crippen LogP contribution is 2.34. The van der Waals surface area contributed by atoms with Gasteiger partial charge >= 0.3 is 0 Å². The molecule has 6 heteroatoms. The normalized spacial score (nSPS) is 18.6. The molecule has 0 saturated carbocycles. The highest BCUT2D eigenvalue weighted by molar-refractivity contribution is 5.79. The monoisotopic (exact) mass is 548 g/mol. The molecule has 40 heavy (non-hydrogen) atoms. The first-order chi connectivity index (χ1) is 19.6. The molecule has 1 unspecified atom stereocenters. The molecule has 0 aromatic heterocycles. The number of Topliss-reactive ketones (excluding diaryl/α,β-unsaturated/α-hetero) is 2. The van der Waals surface area contributed by atoms with Crippen LogP contribution in [0, 0.1) is 0 Å². The molecule has 2 aromatic rings. The Morgan fingerprint density at radius 2 is 1.18 bits per heavy atom. The fourth-order valence-corrected chi connectivity index (χ4v) is 5.94. The number of ketones is 2. The van der Waals surface area contributed by atoms with Gasteiger partial charge < -0.3 is 14.4 Å². The number of ether oxygens (including phenoxy) is 2. The standard InChI is InChI=1S/C34H48N2O4/c37-32-16-23-35(24-17-32)22-10-9-21-34(36-25-18-33(38)19-26-36,40-29-31-14-6-2-7-15-31)20-8-3-11-27-39-28-30-12-4-1-5-13-30/h1-2,4-7,12-15H,3,8-11,16-29H2. The molecule has 4 rings (SSSR count). The maximum absolute atomic E-state index is 12.1. The first-order valence-corrected chi connectivity index (χ1v) is 15.4. The van der Waals surface area contributed by atoms with Gasteiger partial charge in [-0.25, -0.2) is 0 Å². The van der Waals surface area contributed by atoms with Crippen molar-refractivity contribution < 1.29 is 19.1 Å². The van der Waals surface area contributed by atoms with Crippen LogP contribution in [-0.2, 0) is 32.3 Å².